The van der Waals surface area contributed by atoms with Gasteiger partial charge >= 0.3 is 0 Å². The van der Waals surface area contributed by atoms with Gasteiger partial charge in [0.2, 0.25) is 0 Å². The number of ether oxygens (including phenoxy) is 1. The second-order valence-corrected chi connectivity index (χ2v) is 2.56. The Morgan fingerprint density at radius 1 is 1.45 bits per heavy atom. The van der Waals surface area contributed by atoms with Crippen molar-refractivity contribution < 1.29 is 24.4 Å². The van der Waals surface area contributed by atoms with Crippen molar-refractivity contribution in [1.82, 2.24) is 0 Å². The van der Waals surface area contributed by atoms with Gasteiger partial charge in [-0.2, -0.15) is 0 Å². The van der Waals surface area contributed by atoms with E-state index < -0.39 is 31.1 Å². The largest absolute Gasteiger partial charge is 0.394 e. The van der Waals surface area contributed by atoms with Crippen LogP contribution in [0.4, 0.5) is 4.39 Å². The average Bonchev–Trinajstić information content (AvgIpc) is 2.01. The molecule has 3 N–H and O–H groups in total. The molecule has 0 amide bonds. The lowest BCUT2D eigenvalue weighted by Gasteiger charge is -2.32. The van der Waals surface area contributed by atoms with Crippen LogP contribution in [0.5, 0.6) is 0 Å². The van der Waals surface area contributed by atoms with E-state index in [1.54, 1.807) is 0 Å². The highest BCUT2D eigenvalue weighted by atomic mass is 19.1. The van der Waals surface area contributed by atoms with Crippen molar-refractivity contribution in [3.8, 4) is 0 Å². The first-order chi connectivity index (χ1) is 5.16. The molecule has 1 fully saturated rings. The van der Waals surface area contributed by atoms with Crippen LogP contribution in [-0.2, 0) is 4.74 Å². The Bertz CT molecular complexity index is 130. The van der Waals surface area contributed by atoms with Gasteiger partial charge in [0.05, 0.1) is 13.2 Å². The highest BCUT2D eigenvalue weighted by molar-refractivity contribution is 4.86. The molecule has 1 saturated heterocycles. The lowest BCUT2D eigenvalue weighted by molar-refractivity contribution is -0.174. The Kier molecular flexibility index (Phi) is 2.78. The summed E-state index contributed by atoms with van der Waals surface area (Å²) in [5.41, 5.74) is 0. The standard InChI is InChI=1S/C6H11FO4/c7-5-3(9)2-11-4(1-8)6(5)10/h3-6,8-10H,1-2H2/t3?,4-,5+,6-/m1/s1. The number of hydrogen-bond acceptors (Lipinski definition) is 4. The van der Waals surface area contributed by atoms with Gasteiger partial charge in [-0.25, -0.2) is 4.39 Å². The topological polar surface area (TPSA) is 69.9 Å². The van der Waals surface area contributed by atoms with Crippen LogP contribution in [0.1, 0.15) is 0 Å². The predicted octanol–water partition coefficient (Wildman–Crippen LogP) is -1.56. The van der Waals surface area contributed by atoms with E-state index in [0.29, 0.717) is 0 Å². The van der Waals surface area contributed by atoms with E-state index in [1.165, 1.54) is 0 Å². The fourth-order valence-corrected chi connectivity index (χ4v) is 1.01. The van der Waals surface area contributed by atoms with E-state index in [4.69, 9.17) is 20.1 Å². The number of rotatable bonds is 1. The van der Waals surface area contributed by atoms with Gasteiger partial charge in [-0.15, -0.1) is 0 Å². The highest BCUT2D eigenvalue weighted by Crippen LogP contribution is 2.17. The molecular formula is C6H11FO4. The fraction of sp³-hybridized carbons (Fsp3) is 1.00. The summed E-state index contributed by atoms with van der Waals surface area (Å²) in [6, 6.07) is 0. The predicted molar refractivity (Wildman–Crippen MR) is 33.7 cm³/mol. The smallest absolute Gasteiger partial charge is 0.156 e. The summed E-state index contributed by atoms with van der Waals surface area (Å²) in [7, 11) is 0. The first-order valence-corrected chi connectivity index (χ1v) is 3.39. The molecule has 0 aliphatic carbocycles. The molecule has 1 aliphatic rings. The van der Waals surface area contributed by atoms with E-state index >= 15 is 0 Å². The van der Waals surface area contributed by atoms with Crippen LogP contribution in [0, 0.1) is 0 Å². The lowest BCUT2D eigenvalue weighted by atomic mass is 10.0. The van der Waals surface area contributed by atoms with Crippen LogP contribution >= 0.6 is 0 Å². The number of aliphatic hydroxyl groups excluding tert-OH is 3. The first kappa shape index (κ1) is 8.86. The van der Waals surface area contributed by atoms with Gasteiger partial charge in [-0.3, -0.25) is 0 Å². The van der Waals surface area contributed by atoms with Crippen LogP contribution in [0.2, 0.25) is 0 Å². The van der Waals surface area contributed by atoms with Gasteiger partial charge in [0.15, 0.2) is 6.17 Å². The molecule has 1 rings (SSSR count). The maximum Gasteiger partial charge on any atom is 0.156 e. The van der Waals surface area contributed by atoms with Crippen molar-refractivity contribution in [3.05, 3.63) is 0 Å². The molecule has 0 bridgehead atoms. The van der Waals surface area contributed by atoms with Crippen LogP contribution in [0.3, 0.4) is 0 Å². The molecule has 4 nitrogen and oxygen atoms in total. The van der Waals surface area contributed by atoms with E-state index in [1.807, 2.05) is 0 Å². The Hall–Kier alpha value is -0.230. The average molecular weight is 166 g/mol. The molecule has 0 saturated carbocycles. The summed E-state index contributed by atoms with van der Waals surface area (Å²) in [4.78, 5) is 0. The third kappa shape index (κ3) is 1.67. The molecule has 1 aliphatic heterocycles. The van der Waals surface area contributed by atoms with Crippen LogP contribution in [0.25, 0.3) is 0 Å². The molecule has 1 heterocycles. The third-order valence-electron chi connectivity index (χ3n) is 1.74. The van der Waals surface area contributed by atoms with Crippen molar-refractivity contribution in [1.29, 1.82) is 0 Å². The van der Waals surface area contributed by atoms with Crippen molar-refractivity contribution in [3.63, 3.8) is 0 Å². The minimum absolute atomic E-state index is 0.177. The quantitative estimate of drug-likeness (QED) is 0.440. The Morgan fingerprint density at radius 3 is 2.64 bits per heavy atom. The fourth-order valence-electron chi connectivity index (χ4n) is 1.01. The summed E-state index contributed by atoms with van der Waals surface area (Å²) < 4.78 is 17.4. The maximum absolute atomic E-state index is 12.7. The number of hydrogen-bond donors (Lipinski definition) is 3. The summed E-state index contributed by atoms with van der Waals surface area (Å²) in [5, 5.41) is 26.3. The molecule has 4 atom stereocenters. The summed E-state index contributed by atoms with van der Waals surface area (Å²) in [5.74, 6) is 0. The van der Waals surface area contributed by atoms with Gasteiger partial charge in [-0.1, -0.05) is 0 Å². The molecule has 0 aromatic heterocycles. The third-order valence-corrected chi connectivity index (χ3v) is 1.74. The second-order valence-electron chi connectivity index (χ2n) is 2.56. The number of alkyl halides is 1. The zero-order chi connectivity index (χ0) is 8.43. The zero-order valence-electron chi connectivity index (χ0n) is 5.85. The molecule has 66 valence electrons. The van der Waals surface area contributed by atoms with E-state index in [-0.39, 0.29) is 6.61 Å². The normalized spacial score (nSPS) is 45.8. The molecule has 0 aromatic carbocycles. The first-order valence-electron chi connectivity index (χ1n) is 3.39. The highest BCUT2D eigenvalue weighted by Gasteiger charge is 2.38. The van der Waals surface area contributed by atoms with Crippen LogP contribution < -0.4 is 0 Å². The van der Waals surface area contributed by atoms with Crippen molar-refractivity contribution >= 4 is 0 Å². The van der Waals surface area contributed by atoms with Crippen LogP contribution in [0.15, 0.2) is 0 Å². The zero-order valence-corrected chi connectivity index (χ0v) is 5.85. The molecule has 0 radical (unpaired) electrons. The summed E-state index contributed by atoms with van der Waals surface area (Å²) in [6.45, 7) is -0.613. The lowest BCUT2D eigenvalue weighted by Crippen LogP contribution is -2.52. The van der Waals surface area contributed by atoms with Crippen molar-refractivity contribution in [2.75, 3.05) is 13.2 Å². The van der Waals surface area contributed by atoms with Crippen LogP contribution in [-0.4, -0.2) is 53.0 Å². The maximum atomic E-state index is 12.7. The Labute approximate surface area is 63.2 Å². The van der Waals surface area contributed by atoms with Gasteiger partial charge in [-0.05, 0) is 0 Å². The molecule has 11 heavy (non-hydrogen) atoms. The molecule has 5 heteroatoms. The minimum Gasteiger partial charge on any atom is -0.394 e. The van der Waals surface area contributed by atoms with Gasteiger partial charge in [0.1, 0.15) is 18.3 Å². The minimum atomic E-state index is -1.72. The van der Waals surface area contributed by atoms with Crippen molar-refractivity contribution in [2.45, 2.75) is 24.5 Å². The van der Waals surface area contributed by atoms with Crippen molar-refractivity contribution in [2.24, 2.45) is 0 Å². The summed E-state index contributed by atoms with van der Waals surface area (Å²) in [6.07, 6.45) is -5.34. The molecule has 0 spiro atoms. The second kappa shape index (κ2) is 3.44. The summed E-state index contributed by atoms with van der Waals surface area (Å²) >= 11 is 0. The monoisotopic (exact) mass is 166 g/mol. The SMILES string of the molecule is OC[C@H]1OCC(O)[C@H](F)[C@@H]1O. The number of halogens is 1. The molecular weight excluding hydrogens is 155 g/mol. The van der Waals surface area contributed by atoms with E-state index in [9.17, 15) is 4.39 Å². The number of aliphatic hydroxyl groups is 3. The van der Waals surface area contributed by atoms with Gasteiger partial charge < -0.3 is 20.1 Å². The van der Waals surface area contributed by atoms with E-state index in [2.05, 4.69) is 0 Å². The van der Waals surface area contributed by atoms with Gasteiger partial charge in [0, 0.05) is 0 Å². The molecule has 0 aromatic rings. The Morgan fingerprint density at radius 2 is 2.09 bits per heavy atom. The van der Waals surface area contributed by atoms with Gasteiger partial charge in [0.25, 0.3) is 0 Å². The van der Waals surface area contributed by atoms with E-state index in [0.717, 1.165) is 0 Å². The molecule has 1 unspecified atom stereocenters. The Balaban J connectivity index is 2.52.